The Morgan fingerprint density at radius 1 is 1.17 bits per heavy atom. The minimum atomic E-state index is -0.207. The van der Waals surface area contributed by atoms with Gasteiger partial charge >= 0.3 is 0 Å². The molecule has 124 valence electrons. The number of anilines is 1. The van der Waals surface area contributed by atoms with E-state index in [0.29, 0.717) is 14.3 Å². The Balaban J connectivity index is 1.53. The average Bonchev–Trinajstić information content (AvgIpc) is 3.26. The van der Waals surface area contributed by atoms with E-state index >= 15 is 0 Å². The molecule has 1 N–H and O–H groups in total. The molecule has 4 nitrogen and oxygen atoms in total. The van der Waals surface area contributed by atoms with Crippen LogP contribution < -0.4 is 5.32 Å². The molecule has 8 heteroatoms. The second kappa shape index (κ2) is 7.57. The van der Waals surface area contributed by atoms with E-state index in [4.69, 9.17) is 11.6 Å². The molecule has 0 atom stereocenters. The zero-order valence-corrected chi connectivity index (χ0v) is 15.9. The highest BCUT2D eigenvalue weighted by Crippen LogP contribution is 2.32. The van der Waals surface area contributed by atoms with Crippen molar-refractivity contribution in [3.8, 4) is 10.6 Å². The molecule has 0 unspecified atom stereocenters. The van der Waals surface area contributed by atoms with Gasteiger partial charge in [-0.2, -0.15) is 0 Å². The minimum Gasteiger partial charge on any atom is -0.302 e. The fraction of sp³-hybridized carbons (Fsp3) is 0.188. The summed E-state index contributed by atoms with van der Waals surface area (Å²) in [5.74, 6) is -0.210. The molecule has 0 fully saturated rings. The van der Waals surface area contributed by atoms with Gasteiger partial charge in [-0.05, 0) is 31.2 Å². The first-order chi connectivity index (χ1) is 11.5. The number of rotatable bonds is 6. The third-order valence-electron chi connectivity index (χ3n) is 3.17. The number of aryl methyl sites for hydroxylation is 1. The third-order valence-corrected chi connectivity index (χ3v) is 6.22. The summed E-state index contributed by atoms with van der Waals surface area (Å²) in [6, 6.07) is 7.43. The number of amides is 1. The van der Waals surface area contributed by atoms with E-state index in [1.165, 1.54) is 34.0 Å². The molecule has 24 heavy (non-hydrogen) atoms. The zero-order chi connectivity index (χ0) is 17.1. The second-order valence-electron chi connectivity index (χ2n) is 5.02. The third kappa shape index (κ3) is 4.30. The quantitative estimate of drug-likeness (QED) is 0.560. The number of thiazole rings is 1. The van der Waals surface area contributed by atoms with Crippen LogP contribution in [0.3, 0.4) is 0 Å². The van der Waals surface area contributed by atoms with E-state index in [0.717, 1.165) is 15.4 Å². The molecule has 3 aromatic rings. The van der Waals surface area contributed by atoms with Gasteiger partial charge in [-0.15, -0.1) is 34.0 Å². The highest BCUT2D eigenvalue weighted by Gasteiger charge is 2.13. The number of nitrogens with zero attached hydrogens (tertiary/aromatic N) is 1. The Bertz CT molecular complexity index is 881. The van der Waals surface area contributed by atoms with Gasteiger partial charge in [0.25, 0.3) is 0 Å². The zero-order valence-electron chi connectivity index (χ0n) is 12.7. The van der Waals surface area contributed by atoms with E-state index in [1.54, 1.807) is 6.07 Å². The first kappa shape index (κ1) is 17.3. The predicted octanol–water partition coefficient (Wildman–Crippen LogP) is 5.50. The molecule has 1 amide bonds. The lowest BCUT2D eigenvalue weighted by Gasteiger charge is -2.00. The van der Waals surface area contributed by atoms with Gasteiger partial charge in [-0.25, -0.2) is 4.98 Å². The Labute approximate surface area is 156 Å². The van der Waals surface area contributed by atoms with Crippen LogP contribution in [0.1, 0.15) is 27.4 Å². The van der Waals surface area contributed by atoms with Crippen molar-refractivity contribution < 1.29 is 9.59 Å². The van der Waals surface area contributed by atoms with Crippen molar-refractivity contribution in [1.29, 1.82) is 0 Å². The van der Waals surface area contributed by atoms with Crippen LogP contribution in [0.15, 0.2) is 29.6 Å². The molecule has 0 aromatic carbocycles. The molecule has 3 heterocycles. The summed E-state index contributed by atoms with van der Waals surface area (Å²) in [6.45, 7) is 1.95. The Morgan fingerprint density at radius 3 is 2.67 bits per heavy atom. The van der Waals surface area contributed by atoms with E-state index in [2.05, 4.69) is 10.3 Å². The number of Topliss-reactive ketones (excluding diaryl/α,β-unsaturated/α-hetero) is 1. The van der Waals surface area contributed by atoms with Gasteiger partial charge in [0.2, 0.25) is 5.91 Å². The maximum absolute atomic E-state index is 12.0. The molecule has 0 aliphatic rings. The summed E-state index contributed by atoms with van der Waals surface area (Å²) < 4.78 is 0.700. The fourth-order valence-corrected chi connectivity index (χ4v) is 4.65. The Kier molecular flexibility index (Phi) is 5.45. The van der Waals surface area contributed by atoms with Crippen molar-refractivity contribution in [3.05, 3.63) is 43.7 Å². The van der Waals surface area contributed by atoms with Crippen LogP contribution >= 0.6 is 45.6 Å². The summed E-state index contributed by atoms with van der Waals surface area (Å²) >= 11 is 10.2. The monoisotopic (exact) mass is 396 g/mol. The highest BCUT2D eigenvalue weighted by atomic mass is 35.5. The molecular formula is C16H13ClN2O2S3. The molecule has 0 bridgehead atoms. The van der Waals surface area contributed by atoms with E-state index < -0.39 is 0 Å². The molecule has 0 spiro atoms. The average molecular weight is 397 g/mol. The first-order valence-electron chi connectivity index (χ1n) is 7.12. The number of carbonyl (C=O) groups excluding carboxylic acids is 2. The molecule has 3 rings (SSSR count). The summed E-state index contributed by atoms with van der Waals surface area (Å²) in [4.78, 5) is 31.1. The Hall–Kier alpha value is -1.54. The van der Waals surface area contributed by atoms with E-state index in [9.17, 15) is 9.59 Å². The summed E-state index contributed by atoms with van der Waals surface area (Å²) in [7, 11) is 0. The number of thiophene rings is 2. The van der Waals surface area contributed by atoms with Crippen molar-refractivity contribution in [2.45, 2.75) is 19.8 Å². The van der Waals surface area contributed by atoms with E-state index in [1.807, 2.05) is 30.5 Å². The molecule has 3 aromatic heterocycles. The summed E-state index contributed by atoms with van der Waals surface area (Å²) in [6.07, 6.45) is 0.347. The lowest BCUT2D eigenvalue weighted by atomic mass is 10.2. The number of halogens is 1. The molecular weight excluding hydrogens is 384 g/mol. The normalized spacial score (nSPS) is 10.8. The van der Waals surface area contributed by atoms with Crippen LogP contribution in [0.5, 0.6) is 0 Å². The maximum Gasteiger partial charge on any atom is 0.226 e. The fourth-order valence-electron chi connectivity index (χ4n) is 2.01. The van der Waals surface area contributed by atoms with Gasteiger partial charge in [0.1, 0.15) is 0 Å². The van der Waals surface area contributed by atoms with Crippen molar-refractivity contribution >= 4 is 62.4 Å². The van der Waals surface area contributed by atoms with Crippen molar-refractivity contribution in [2.75, 3.05) is 5.32 Å². The van der Waals surface area contributed by atoms with Gasteiger partial charge in [0, 0.05) is 23.1 Å². The number of ketones is 1. The summed E-state index contributed by atoms with van der Waals surface area (Å²) in [5, 5.41) is 5.14. The van der Waals surface area contributed by atoms with Crippen molar-refractivity contribution in [1.82, 2.24) is 4.98 Å². The van der Waals surface area contributed by atoms with Gasteiger partial charge in [0.05, 0.1) is 19.8 Å². The minimum absolute atomic E-state index is 0.00342. The number of carbonyl (C=O) groups is 2. The number of hydrogen-bond donors (Lipinski definition) is 1. The van der Waals surface area contributed by atoms with Crippen LogP contribution in [-0.4, -0.2) is 16.7 Å². The van der Waals surface area contributed by atoms with Crippen LogP contribution in [0.4, 0.5) is 5.13 Å². The van der Waals surface area contributed by atoms with Crippen LogP contribution in [-0.2, 0) is 4.79 Å². The van der Waals surface area contributed by atoms with Gasteiger partial charge in [-0.1, -0.05) is 11.6 Å². The molecule has 0 saturated carbocycles. The second-order valence-corrected chi connectivity index (χ2v) is 8.88. The molecule has 0 aliphatic carbocycles. The van der Waals surface area contributed by atoms with E-state index in [-0.39, 0.29) is 24.5 Å². The lowest BCUT2D eigenvalue weighted by molar-refractivity contribution is -0.116. The van der Waals surface area contributed by atoms with Crippen molar-refractivity contribution in [3.63, 3.8) is 0 Å². The number of nitrogens with one attached hydrogen (secondary N) is 1. The highest BCUT2D eigenvalue weighted by molar-refractivity contribution is 7.20. The number of aromatic nitrogens is 1. The summed E-state index contributed by atoms with van der Waals surface area (Å²) in [5.41, 5.74) is 0.789. The molecule has 0 radical (unpaired) electrons. The maximum atomic E-state index is 12.0. The standard InChI is InChI=1S/C16H13ClN2O2S3/c1-9-2-4-13(23-9)11(20)3-7-15(21)19-16-18-10(8-22-16)12-5-6-14(17)24-12/h2,4-6,8H,3,7H2,1H3,(H,18,19,21). The van der Waals surface area contributed by atoms with Gasteiger partial charge < -0.3 is 5.32 Å². The largest absolute Gasteiger partial charge is 0.302 e. The first-order valence-corrected chi connectivity index (χ1v) is 10.0. The smallest absolute Gasteiger partial charge is 0.226 e. The van der Waals surface area contributed by atoms with Crippen LogP contribution in [0.25, 0.3) is 10.6 Å². The lowest BCUT2D eigenvalue weighted by Crippen LogP contribution is -2.13. The predicted molar refractivity (Wildman–Crippen MR) is 102 cm³/mol. The molecule has 0 aliphatic heterocycles. The van der Waals surface area contributed by atoms with Crippen molar-refractivity contribution in [2.24, 2.45) is 0 Å². The topological polar surface area (TPSA) is 59.1 Å². The SMILES string of the molecule is Cc1ccc(C(=O)CCC(=O)Nc2nc(-c3ccc(Cl)s3)cs2)s1. The van der Waals surface area contributed by atoms with Gasteiger partial charge in [-0.3, -0.25) is 9.59 Å². The van der Waals surface area contributed by atoms with Crippen LogP contribution in [0.2, 0.25) is 4.34 Å². The van der Waals surface area contributed by atoms with Crippen LogP contribution in [0, 0.1) is 6.92 Å². The number of hydrogen-bond acceptors (Lipinski definition) is 6. The molecule has 0 saturated heterocycles. The Morgan fingerprint density at radius 2 is 2.00 bits per heavy atom. The van der Waals surface area contributed by atoms with Gasteiger partial charge in [0.15, 0.2) is 10.9 Å².